The Bertz CT molecular complexity index is 629. The summed E-state index contributed by atoms with van der Waals surface area (Å²) in [6.07, 6.45) is 1.28. The number of hydrogen-bond acceptors (Lipinski definition) is 3. The fourth-order valence-corrected chi connectivity index (χ4v) is 2.44. The maximum absolute atomic E-state index is 11.8. The number of amides is 2. The molecule has 3 N–H and O–H groups in total. The molecule has 0 aliphatic heterocycles. The summed E-state index contributed by atoms with van der Waals surface area (Å²) in [7, 11) is 0. The van der Waals surface area contributed by atoms with Gasteiger partial charge in [0.05, 0.1) is 6.10 Å². The van der Waals surface area contributed by atoms with Crippen molar-refractivity contribution in [2.75, 3.05) is 18.1 Å². The molecule has 0 aliphatic rings. The van der Waals surface area contributed by atoms with Gasteiger partial charge in [0.2, 0.25) is 0 Å². The third kappa shape index (κ3) is 4.79. The van der Waals surface area contributed by atoms with E-state index in [2.05, 4.69) is 10.6 Å². The number of aryl methyl sites for hydroxylation is 1. The lowest BCUT2D eigenvalue weighted by Gasteiger charge is -2.13. The molecule has 116 valence electrons. The number of aliphatic hydroxyl groups is 1. The Morgan fingerprint density at radius 3 is 2.59 bits per heavy atom. The van der Waals surface area contributed by atoms with Crippen molar-refractivity contribution in [3.05, 3.63) is 59.7 Å². The molecule has 0 unspecified atom stereocenters. The van der Waals surface area contributed by atoms with E-state index in [9.17, 15) is 9.90 Å². The Hall–Kier alpha value is -1.98. The molecule has 0 spiro atoms. The van der Waals surface area contributed by atoms with Gasteiger partial charge in [-0.05, 0) is 48.6 Å². The van der Waals surface area contributed by atoms with Crippen LogP contribution in [0.2, 0.25) is 0 Å². The summed E-state index contributed by atoms with van der Waals surface area (Å²) < 4.78 is 0. The van der Waals surface area contributed by atoms with Crippen molar-refractivity contribution in [2.45, 2.75) is 17.9 Å². The fraction of sp³-hybridized carbons (Fsp3) is 0.235. The lowest BCUT2D eigenvalue weighted by atomic mass is 10.1. The second-order valence-electron chi connectivity index (χ2n) is 4.99. The van der Waals surface area contributed by atoms with Crippen LogP contribution >= 0.6 is 11.8 Å². The van der Waals surface area contributed by atoms with Crippen molar-refractivity contribution in [3.8, 4) is 0 Å². The number of nitrogens with one attached hydrogen (secondary N) is 2. The van der Waals surface area contributed by atoms with Crippen molar-refractivity contribution in [2.24, 2.45) is 0 Å². The number of benzene rings is 2. The minimum Gasteiger partial charge on any atom is -0.387 e. The van der Waals surface area contributed by atoms with Crippen LogP contribution in [-0.2, 0) is 0 Å². The monoisotopic (exact) mass is 316 g/mol. The molecule has 0 saturated heterocycles. The standard InChI is InChI=1S/C17H20N2O2S/c1-12-4-3-5-14(10-12)19-17(21)18-11-16(20)13-6-8-15(22-2)9-7-13/h3-10,16,20H,11H2,1-2H3,(H2,18,19,21)/t16-/m1/s1. The number of anilines is 1. The SMILES string of the molecule is CSc1ccc([C@H](O)CNC(=O)Nc2cccc(C)c2)cc1. The predicted molar refractivity (Wildman–Crippen MR) is 91.4 cm³/mol. The molecule has 22 heavy (non-hydrogen) atoms. The number of rotatable bonds is 5. The fourth-order valence-electron chi connectivity index (χ4n) is 2.03. The Kier molecular flexibility index (Phi) is 5.86. The molecule has 2 aromatic rings. The first kappa shape index (κ1) is 16.4. The summed E-state index contributed by atoms with van der Waals surface area (Å²) in [6, 6.07) is 14.9. The van der Waals surface area contributed by atoms with Crippen molar-refractivity contribution in [1.29, 1.82) is 0 Å². The van der Waals surface area contributed by atoms with Crippen LogP contribution in [0.1, 0.15) is 17.2 Å². The van der Waals surface area contributed by atoms with Gasteiger partial charge in [0.25, 0.3) is 0 Å². The van der Waals surface area contributed by atoms with Crippen LogP contribution in [0.3, 0.4) is 0 Å². The second-order valence-corrected chi connectivity index (χ2v) is 5.87. The maximum atomic E-state index is 11.8. The number of aliphatic hydroxyl groups excluding tert-OH is 1. The van der Waals surface area contributed by atoms with E-state index in [1.807, 2.05) is 61.7 Å². The van der Waals surface area contributed by atoms with E-state index in [-0.39, 0.29) is 12.6 Å². The summed E-state index contributed by atoms with van der Waals surface area (Å²) in [5.74, 6) is 0. The molecule has 2 aromatic carbocycles. The van der Waals surface area contributed by atoms with Gasteiger partial charge in [0, 0.05) is 17.1 Å². The van der Waals surface area contributed by atoms with Crippen LogP contribution in [0.25, 0.3) is 0 Å². The van der Waals surface area contributed by atoms with Crippen molar-refractivity contribution >= 4 is 23.5 Å². The van der Waals surface area contributed by atoms with Crippen molar-refractivity contribution in [3.63, 3.8) is 0 Å². The largest absolute Gasteiger partial charge is 0.387 e. The first-order chi connectivity index (χ1) is 10.6. The van der Waals surface area contributed by atoms with E-state index in [1.54, 1.807) is 11.8 Å². The van der Waals surface area contributed by atoms with Gasteiger partial charge in [-0.15, -0.1) is 11.8 Å². The summed E-state index contributed by atoms with van der Waals surface area (Å²) in [6.45, 7) is 2.13. The van der Waals surface area contributed by atoms with Gasteiger partial charge in [-0.25, -0.2) is 4.79 Å². The zero-order chi connectivity index (χ0) is 15.9. The predicted octanol–water partition coefficient (Wildman–Crippen LogP) is 3.57. The van der Waals surface area contributed by atoms with Gasteiger partial charge in [-0.2, -0.15) is 0 Å². The first-order valence-corrected chi connectivity index (χ1v) is 8.24. The van der Waals surface area contributed by atoms with Crippen LogP contribution < -0.4 is 10.6 Å². The Morgan fingerprint density at radius 1 is 1.23 bits per heavy atom. The third-order valence-corrected chi connectivity index (χ3v) is 3.98. The average molecular weight is 316 g/mol. The Labute approximate surface area is 134 Å². The molecule has 0 saturated carbocycles. The lowest BCUT2D eigenvalue weighted by molar-refractivity contribution is 0.175. The Morgan fingerprint density at radius 2 is 1.95 bits per heavy atom. The zero-order valence-corrected chi connectivity index (χ0v) is 13.5. The molecule has 0 radical (unpaired) electrons. The average Bonchev–Trinajstić information content (AvgIpc) is 2.52. The molecular formula is C17H20N2O2S. The smallest absolute Gasteiger partial charge is 0.319 e. The maximum Gasteiger partial charge on any atom is 0.319 e. The minimum atomic E-state index is -0.723. The summed E-state index contributed by atoms with van der Waals surface area (Å²) >= 11 is 1.65. The molecule has 0 aliphatic carbocycles. The number of urea groups is 1. The van der Waals surface area contributed by atoms with Crippen LogP contribution in [-0.4, -0.2) is 23.9 Å². The highest BCUT2D eigenvalue weighted by Gasteiger charge is 2.09. The zero-order valence-electron chi connectivity index (χ0n) is 12.7. The van der Waals surface area contributed by atoms with E-state index < -0.39 is 6.10 Å². The Balaban J connectivity index is 1.84. The van der Waals surface area contributed by atoms with Gasteiger partial charge in [0.1, 0.15) is 0 Å². The minimum absolute atomic E-state index is 0.163. The third-order valence-electron chi connectivity index (χ3n) is 3.23. The van der Waals surface area contributed by atoms with Gasteiger partial charge in [-0.3, -0.25) is 0 Å². The number of carbonyl (C=O) groups is 1. The summed E-state index contributed by atoms with van der Waals surface area (Å²) in [4.78, 5) is 13.0. The molecule has 0 bridgehead atoms. The normalized spacial score (nSPS) is 11.8. The van der Waals surface area contributed by atoms with E-state index in [4.69, 9.17) is 0 Å². The van der Waals surface area contributed by atoms with E-state index in [0.717, 1.165) is 21.7 Å². The molecule has 2 rings (SSSR count). The highest BCUT2D eigenvalue weighted by molar-refractivity contribution is 7.98. The molecule has 2 amide bonds. The number of thioether (sulfide) groups is 1. The van der Waals surface area contributed by atoms with Crippen molar-refractivity contribution in [1.82, 2.24) is 5.32 Å². The van der Waals surface area contributed by atoms with E-state index in [1.165, 1.54) is 0 Å². The second kappa shape index (κ2) is 7.87. The molecular weight excluding hydrogens is 296 g/mol. The van der Waals surface area contributed by atoms with Gasteiger partial charge in [-0.1, -0.05) is 24.3 Å². The molecule has 4 nitrogen and oxygen atoms in total. The van der Waals surface area contributed by atoms with Crippen molar-refractivity contribution < 1.29 is 9.90 Å². The quantitative estimate of drug-likeness (QED) is 0.739. The highest BCUT2D eigenvalue weighted by Crippen LogP contribution is 2.18. The van der Waals surface area contributed by atoms with Gasteiger partial charge >= 0.3 is 6.03 Å². The van der Waals surface area contributed by atoms with Gasteiger partial charge < -0.3 is 15.7 Å². The molecule has 5 heteroatoms. The van der Waals surface area contributed by atoms with E-state index >= 15 is 0 Å². The first-order valence-electron chi connectivity index (χ1n) is 7.02. The van der Waals surface area contributed by atoms with Gasteiger partial charge in [0.15, 0.2) is 0 Å². The molecule has 0 aromatic heterocycles. The number of carbonyl (C=O) groups excluding carboxylic acids is 1. The van der Waals surface area contributed by atoms with E-state index in [0.29, 0.717) is 0 Å². The molecule has 0 heterocycles. The number of hydrogen-bond donors (Lipinski definition) is 3. The van der Waals surface area contributed by atoms with Crippen LogP contribution in [0, 0.1) is 6.92 Å². The molecule has 1 atom stereocenters. The van der Waals surface area contributed by atoms with Crippen LogP contribution in [0.5, 0.6) is 0 Å². The summed E-state index contributed by atoms with van der Waals surface area (Å²) in [5, 5.41) is 15.5. The van der Waals surface area contributed by atoms with Crippen LogP contribution in [0.4, 0.5) is 10.5 Å². The highest BCUT2D eigenvalue weighted by atomic mass is 32.2. The topological polar surface area (TPSA) is 61.4 Å². The molecule has 0 fully saturated rings. The summed E-state index contributed by atoms with van der Waals surface area (Å²) in [5.41, 5.74) is 2.59. The van der Waals surface area contributed by atoms with Crippen LogP contribution in [0.15, 0.2) is 53.4 Å². The lowest BCUT2D eigenvalue weighted by Crippen LogP contribution is -2.32.